The molecule has 1 aromatic heterocycles. The minimum Gasteiger partial charge on any atom is -0.491 e. The van der Waals surface area contributed by atoms with Gasteiger partial charge >= 0.3 is 10.2 Å². The number of carbonyl (C=O) groups is 1. The number of nitrogens with two attached hydrogens (primary N) is 1. The zero-order chi connectivity index (χ0) is 26.3. The van der Waals surface area contributed by atoms with Crippen LogP contribution in [0.3, 0.4) is 0 Å². The molecule has 202 valence electrons. The summed E-state index contributed by atoms with van der Waals surface area (Å²) in [5.74, 6) is 0.913. The maximum atomic E-state index is 13.4. The van der Waals surface area contributed by atoms with E-state index in [9.17, 15) is 13.2 Å². The molecule has 0 radical (unpaired) electrons. The molecule has 1 amide bonds. The summed E-state index contributed by atoms with van der Waals surface area (Å²) >= 11 is 0. The second kappa shape index (κ2) is 9.99. The quantitative estimate of drug-likeness (QED) is 0.567. The van der Waals surface area contributed by atoms with E-state index in [2.05, 4.69) is 30.4 Å². The van der Waals surface area contributed by atoms with Gasteiger partial charge in [-0.15, -0.1) is 0 Å². The van der Waals surface area contributed by atoms with Crippen molar-refractivity contribution in [3.63, 3.8) is 0 Å². The maximum absolute atomic E-state index is 13.4. The van der Waals surface area contributed by atoms with Gasteiger partial charge in [0.25, 0.3) is 5.91 Å². The van der Waals surface area contributed by atoms with Gasteiger partial charge < -0.3 is 15.4 Å². The molecule has 2 aliphatic heterocycles. The summed E-state index contributed by atoms with van der Waals surface area (Å²) in [4.78, 5) is 20.4. The van der Waals surface area contributed by atoms with Gasteiger partial charge in [-0.3, -0.25) is 4.79 Å². The highest BCUT2D eigenvalue weighted by Crippen LogP contribution is 2.38. The summed E-state index contributed by atoms with van der Waals surface area (Å²) in [6.07, 6.45) is 1.53. The molecule has 10 heteroatoms. The fourth-order valence-corrected chi connectivity index (χ4v) is 6.37. The van der Waals surface area contributed by atoms with E-state index < -0.39 is 16.1 Å². The van der Waals surface area contributed by atoms with E-state index in [1.165, 1.54) is 4.31 Å². The third kappa shape index (κ3) is 5.66. The summed E-state index contributed by atoms with van der Waals surface area (Å²) in [5, 5.41) is 0. The molecule has 1 aromatic carbocycles. The van der Waals surface area contributed by atoms with Crippen LogP contribution in [-0.4, -0.2) is 60.9 Å². The van der Waals surface area contributed by atoms with Crippen molar-refractivity contribution in [1.29, 1.82) is 0 Å². The largest absolute Gasteiger partial charge is 0.491 e. The number of ether oxygens (including phenoxy) is 1. The van der Waals surface area contributed by atoms with Gasteiger partial charge in [0, 0.05) is 41.1 Å². The van der Waals surface area contributed by atoms with E-state index in [1.54, 1.807) is 12.1 Å². The number of anilines is 1. The van der Waals surface area contributed by atoms with Crippen LogP contribution in [0.25, 0.3) is 11.3 Å². The molecule has 2 aromatic rings. The predicted molar refractivity (Wildman–Crippen MR) is 148 cm³/mol. The first-order valence-electron chi connectivity index (χ1n) is 12.5. The van der Waals surface area contributed by atoms with Crippen LogP contribution in [0.4, 0.5) is 5.82 Å². The molecule has 3 N–H and O–H groups in total. The first-order valence-corrected chi connectivity index (χ1v) is 13.9. The minimum atomic E-state index is -4.01. The zero-order valence-electron chi connectivity index (χ0n) is 21.7. The Bertz CT molecular complexity index is 1250. The normalized spacial score (nSPS) is 22.2. The Morgan fingerprint density at radius 2 is 2.00 bits per heavy atom. The van der Waals surface area contributed by atoms with Crippen molar-refractivity contribution in [2.24, 2.45) is 11.7 Å². The minimum absolute atomic E-state index is 0. The standard InChI is InChI=1S/C26H37N5O4S.3H2/c1-17(2)35-21-8-6-7-19(13-21)23-10-9-22(24(28-23)31-15-18(3)14-26(31,4)5)25(32)29-36(33,34)30-12-11-20(27)16-30;;;/h6-10,13,17-18,20H,11-12,14-16,27H2,1-5H3,(H,29,32);3*1H/t18-,20-;;;/m0.../s1. The number of carbonyl (C=O) groups excluding carboxylic acids is 1. The molecular formula is C26H43N5O4S. The van der Waals surface area contributed by atoms with Crippen molar-refractivity contribution in [3.8, 4) is 17.0 Å². The van der Waals surface area contributed by atoms with Gasteiger partial charge in [-0.2, -0.15) is 12.7 Å². The first kappa shape index (κ1) is 26.4. The summed E-state index contributed by atoms with van der Waals surface area (Å²) in [6, 6.07) is 10.8. The number of nitrogens with one attached hydrogen (secondary N) is 1. The van der Waals surface area contributed by atoms with Crippen LogP contribution in [0, 0.1) is 5.92 Å². The van der Waals surface area contributed by atoms with Crippen LogP contribution in [0.1, 0.15) is 62.1 Å². The molecule has 2 saturated heterocycles. The van der Waals surface area contributed by atoms with Gasteiger partial charge in [-0.05, 0) is 70.7 Å². The summed E-state index contributed by atoms with van der Waals surface area (Å²) < 4.78 is 35.1. The summed E-state index contributed by atoms with van der Waals surface area (Å²) in [7, 11) is -4.01. The van der Waals surface area contributed by atoms with Gasteiger partial charge in [0.1, 0.15) is 11.6 Å². The number of nitrogens with zero attached hydrogens (tertiary/aromatic N) is 3. The molecule has 4 rings (SSSR count). The number of pyridine rings is 1. The Morgan fingerprint density at radius 1 is 1.25 bits per heavy atom. The number of aromatic nitrogens is 1. The van der Waals surface area contributed by atoms with Crippen molar-refractivity contribution >= 4 is 21.9 Å². The van der Waals surface area contributed by atoms with Gasteiger partial charge in [0.15, 0.2) is 0 Å². The second-order valence-corrected chi connectivity index (χ2v) is 12.5. The number of hydrogen-bond acceptors (Lipinski definition) is 7. The average Bonchev–Trinajstić information content (AvgIpc) is 3.34. The highest BCUT2D eigenvalue weighted by molar-refractivity contribution is 7.87. The monoisotopic (exact) mass is 521 g/mol. The fraction of sp³-hybridized carbons (Fsp3) is 0.538. The Labute approximate surface area is 218 Å². The van der Waals surface area contributed by atoms with E-state index in [0.717, 1.165) is 17.7 Å². The van der Waals surface area contributed by atoms with E-state index in [-0.39, 0.29) is 34.1 Å². The molecular weight excluding hydrogens is 478 g/mol. The average molecular weight is 522 g/mol. The lowest BCUT2D eigenvalue weighted by molar-refractivity contribution is 0.0979. The van der Waals surface area contributed by atoms with E-state index in [0.29, 0.717) is 36.9 Å². The van der Waals surface area contributed by atoms with Gasteiger partial charge in [-0.1, -0.05) is 19.1 Å². The lowest BCUT2D eigenvalue weighted by atomic mass is 9.97. The predicted octanol–water partition coefficient (Wildman–Crippen LogP) is 3.91. The van der Waals surface area contributed by atoms with Crippen molar-refractivity contribution < 1.29 is 22.2 Å². The number of hydrogen-bond donors (Lipinski definition) is 2. The summed E-state index contributed by atoms with van der Waals surface area (Å²) in [5.41, 5.74) is 7.39. The molecule has 9 nitrogen and oxygen atoms in total. The van der Waals surface area contributed by atoms with Gasteiger partial charge in [0.2, 0.25) is 0 Å². The van der Waals surface area contributed by atoms with Crippen LogP contribution >= 0.6 is 0 Å². The fourth-order valence-electron chi connectivity index (χ4n) is 5.16. The number of benzene rings is 1. The molecule has 2 aliphatic rings. The number of amides is 1. The Hall–Kier alpha value is -2.69. The lowest BCUT2D eigenvalue weighted by Gasteiger charge is -2.34. The topological polar surface area (TPSA) is 118 Å². The smallest absolute Gasteiger partial charge is 0.304 e. The van der Waals surface area contributed by atoms with Crippen molar-refractivity contribution in [3.05, 3.63) is 42.0 Å². The van der Waals surface area contributed by atoms with E-state index in [1.807, 2.05) is 38.1 Å². The second-order valence-electron chi connectivity index (χ2n) is 10.8. The molecule has 2 atom stereocenters. The lowest BCUT2D eigenvalue weighted by Crippen LogP contribution is -2.44. The van der Waals surface area contributed by atoms with E-state index >= 15 is 0 Å². The Balaban J connectivity index is 0.00000253. The molecule has 0 bridgehead atoms. The SMILES string of the molecule is CC(C)Oc1cccc(-c2ccc(C(=O)NS(=O)(=O)N3CC[C@H](N)C3)c(N3C[C@@H](C)CC3(C)C)n2)c1.[HH].[HH].[HH]. The summed E-state index contributed by atoms with van der Waals surface area (Å²) in [6.45, 7) is 11.5. The molecule has 36 heavy (non-hydrogen) atoms. The van der Waals surface area contributed by atoms with Crippen LogP contribution < -0.4 is 20.1 Å². The highest BCUT2D eigenvalue weighted by Gasteiger charge is 2.40. The van der Waals surface area contributed by atoms with Gasteiger partial charge in [0.05, 0.1) is 17.4 Å². The molecule has 3 heterocycles. The third-order valence-corrected chi connectivity index (χ3v) is 8.15. The van der Waals surface area contributed by atoms with Crippen LogP contribution in [0.2, 0.25) is 0 Å². The van der Waals surface area contributed by atoms with Gasteiger partial charge in [-0.25, -0.2) is 9.71 Å². The Morgan fingerprint density at radius 3 is 2.61 bits per heavy atom. The molecule has 0 spiro atoms. The maximum Gasteiger partial charge on any atom is 0.304 e. The molecule has 0 aliphatic carbocycles. The van der Waals surface area contributed by atoms with E-state index in [4.69, 9.17) is 15.5 Å². The van der Waals surface area contributed by atoms with Crippen molar-refractivity contribution in [2.75, 3.05) is 24.5 Å². The molecule has 2 fully saturated rings. The number of rotatable bonds is 7. The zero-order valence-corrected chi connectivity index (χ0v) is 22.5. The van der Waals surface area contributed by atoms with Crippen molar-refractivity contribution in [1.82, 2.24) is 14.0 Å². The Kier molecular flexibility index (Phi) is 7.32. The molecule has 0 unspecified atom stereocenters. The third-order valence-electron chi connectivity index (χ3n) is 6.70. The van der Waals surface area contributed by atoms with Crippen molar-refractivity contribution in [2.45, 2.75) is 65.1 Å². The van der Waals surface area contributed by atoms with Crippen LogP contribution in [0.5, 0.6) is 5.75 Å². The first-order chi connectivity index (χ1) is 16.9. The van der Waals surface area contributed by atoms with Crippen LogP contribution in [0.15, 0.2) is 36.4 Å². The van der Waals surface area contributed by atoms with Crippen LogP contribution in [-0.2, 0) is 10.2 Å². The molecule has 0 saturated carbocycles. The highest BCUT2D eigenvalue weighted by atomic mass is 32.2.